The van der Waals surface area contributed by atoms with Crippen molar-refractivity contribution in [2.75, 3.05) is 19.3 Å². The molecule has 15 heavy (non-hydrogen) atoms. The number of sulfone groups is 1. The summed E-state index contributed by atoms with van der Waals surface area (Å²) < 4.78 is 23.5. The first-order valence-electron chi connectivity index (χ1n) is 4.69. The molecule has 0 saturated heterocycles. The Kier molecular flexibility index (Phi) is 4.57. The monoisotopic (exact) mass is 247 g/mol. The van der Waals surface area contributed by atoms with E-state index in [-0.39, 0.29) is 5.75 Å². The van der Waals surface area contributed by atoms with Crippen LogP contribution in [-0.2, 0) is 9.84 Å². The SMILES string of the molecule is CNCCCS(=O)(=O)c1ccc(Cl)cc1. The van der Waals surface area contributed by atoms with Gasteiger partial charge < -0.3 is 5.32 Å². The summed E-state index contributed by atoms with van der Waals surface area (Å²) in [4.78, 5) is 0.336. The third kappa shape index (κ3) is 3.81. The first-order valence-corrected chi connectivity index (χ1v) is 6.72. The highest BCUT2D eigenvalue weighted by molar-refractivity contribution is 7.91. The molecule has 1 aromatic carbocycles. The van der Waals surface area contributed by atoms with Crippen LogP contribution in [0.25, 0.3) is 0 Å². The zero-order chi connectivity index (χ0) is 11.3. The summed E-state index contributed by atoms with van der Waals surface area (Å²) in [5.41, 5.74) is 0. The summed E-state index contributed by atoms with van der Waals surface area (Å²) in [5.74, 6) is 0.162. The molecule has 0 amide bonds. The second kappa shape index (κ2) is 5.49. The summed E-state index contributed by atoms with van der Waals surface area (Å²) >= 11 is 5.68. The van der Waals surface area contributed by atoms with Crippen molar-refractivity contribution in [2.45, 2.75) is 11.3 Å². The largest absolute Gasteiger partial charge is 0.320 e. The Balaban J connectivity index is 2.73. The van der Waals surface area contributed by atoms with Gasteiger partial charge in [-0.15, -0.1) is 0 Å². The molecule has 3 nitrogen and oxygen atoms in total. The first kappa shape index (κ1) is 12.5. The molecule has 0 aliphatic carbocycles. The fourth-order valence-electron chi connectivity index (χ4n) is 1.20. The van der Waals surface area contributed by atoms with E-state index >= 15 is 0 Å². The normalized spacial score (nSPS) is 11.6. The van der Waals surface area contributed by atoms with Gasteiger partial charge in [-0.1, -0.05) is 11.6 Å². The standard InChI is InChI=1S/C10H14ClNO2S/c1-12-7-2-8-15(13,14)10-5-3-9(11)4-6-10/h3-6,12H,2,7-8H2,1H3. The smallest absolute Gasteiger partial charge is 0.178 e. The molecule has 0 radical (unpaired) electrons. The van der Waals surface area contributed by atoms with Crippen molar-refractivity contribution in [3.8, 4) is 0 Å². The van der Waals surface area contributed by atoms with E-state index in [1.54, 1.807) is 19.2 Å². The van der Waals surface area contributed by atoms with E-state index in [4.69, 9.17) is 11.6 Å². The van der Waals surface area contributed by atoms with Crippen molar-refractivity contribution < 1.29 is 8.42 Å². The molecule has 1 rings (SSSR count). The van der Waals surface area contributed by atoms with Crippen LogP contribution in [0.4, 0.5) is 0 Å². The molecule has 84 valence electrons. The highest BCUT2D eigenvalue weighted by Gasteiger charge is 2.12. The number of hydrogen-bond acceptors (Lipinski definition) is 3. The molecule has 0 unspecified atom stereocenters. The van der Waals surface area contributed by atoms with Gasteiger partial charge in [-0.2, -0.15) is 0 Å². The lowest BCUT2D eigenvalue weighted by Gasteiger charge is -2.04. The van der Waals surface area contributed by atoms with Crippen LogP contribution < -0.4 is 5.32 Å². The van der Waals surface area contributed by atoms with Crippen LogP contribution in [0.15, 0.2) is 29.2 Å². The molecular weight excluding hydrogens is 234 g/mol. The lowest BCUT2D eigenvalue weighted by molar-refractivity contribution is 0.592. The molecule has 1 N–H and O–H groups in total. The second-order valence-electron chi connectivity index (χ2n) is 3.23. The van der Waals surface area contributed by atoms with Gasteiger partial charge in [-0.25, -0.2) is 8.42 Å². The minimum atomic E-state index is -3.15. The van der Waals surface area contributed by atoms with E-state index in [9.17, 15) is 8.42 Å². The van der Waals surface area contributed by atoms with Gasteiger partial charge >= 0.3 is 0 Å². The van der Waals surface area contributed by atoms with E-state index in [0.29, 0.717) is 22.9 Å². The number of rotatable bonds is 5. The predicted octanol–water partition coefficient (Wildman–Crippen LogP) is 1.72. The maximum atomic E-state index is 11.7. The second-order valence-corrected chi connectivity index (χ2v) is 5.78. The Morgan fingerprint density at radius 3 is 2.40 bits per heavy atom. The quantitative estimate of drug-likeness (QED) is 0.806. The van der Waals surface area contributed by atoms with Crippen LogP contribution in [0.1, 0.15) is 6.42 Å². The molecule has 0 saturated carbocycles. The average molecular weight is 248 g/mol. The van der Waals surface area contributed by atoms with Gasteiger partial charge in [0, 0.05) is 5.02 Å². The summed E-state index contributed by atoms with van der Waals surface area (Å²) in [5, 5.41) is 3.46. The maximum Gasteiger partial charge on any atom is 0.178 e. The minimum Gasteiger partial charge on any atom is -0.320 e. The van der Waals surface area contributed by atoms with Crippen LogP contribution in [0.3, 0.4) is 0 Å². The molecule has 0 fully saturated rings. The number of benzene rings is 1. The van der Waals surface area contributed by atoms with Gasteiger partial charge in [-0.05, 0) is 44.3 Å². The fourth-order valence-corrected chi connectivity index (χ4v) is 2.64. The Morgan fingerprint density at radius 1 is 1.27 bits per heavy atom. The van der Waals surface area contributed by atoms with Crippen LogP contribution in [0.2, 0.25) is 5.02 Å². The zero-order valence-electron chi connectivity index (χ0n) is 8.53. The highest BCUT2D eigenvalue weighted by Crippen LogP contribution is 2.15. The molecule has 0 aliphatic heterocycles. The Hall–Kier alpha value is -0.580. The Labute approximate surface area is 95.4 Å². The fraction of sp³-hybridized carbons (Fsp3) is 0.400. The van der Waals surface area contributed by atoms with E-state index in [2.05, 4.69) is 5.32 Å². The van der Waals surface area contributed by atoms with Crippen molar-refractivity contribution in [3.05, 3.63) is 29.3 Å². The molecule has 0 aromatic heterocycles. The van der Waals surface area contributed by atoms with E-state index in [0.717, 1.165) is 0 Å². The van der Waals surface area contributed by atoms with Gasteiger partial charge in [0.15, 0.2) is 9.84 Å². The molecule has 0 bridgehead atoms. The van der Waals surface area contributed by atoms with Gasteiger partial charge in [0.05, 0.1) is 10.6 Å². The van der Waals surface area contributed by atoms with Crippen molar-refractivity contribution in [2.24, 2.45) is 0 Å². The molecule has 0 spiro atoms. The molecule has 0 heterocycles. The molecule has 5 heteroatoms. The van der Waals surface area contributed by atoms with Crippen LogP contribution in [0.5, 0.6) is 0 Å². The zero-order valence-corrected chi connectivity index (χ0v) is 10.1. The van der Waals surface area contributed by atoms with E-state index in [1.165, 1.54) is 12.1 Å². The van der Waals surface area contributed by atoms with Crippen LogP contribution in [-0.4, -0.2) is 27.8 Å². The maximum absolute atomic E-state index is 11.7. The van der Waals surface area contributed by atoms with Gasteiger partial charge in [0.1, 0.15) is 0 Å². The van der Waals surface area contributed by atoms with Crippen molar-refractivity contribution >= 4 is 21.4 Å². The van der Waals surface area contributed by atoms with Gasteiger partial charge in [-0.3, -0.25) is 0 Å². The van der Waals surface area contributed by atoms with E-state index in [1.807, 2.05) is 0 Å². The summed E-state index contributed by atoms with van der Waals surface area (Å²) in [6.45, 7) is 0.701. The first-order chi connectivity index (χ1) is 7.06. The predicted molar refractivity (Wildman–Crippen MR) is 62.0 cm³/mol. The highest BCUT2D eigenvalue weighted by atomic mass is 35.5. The lowest BCUT2D eigenvalue weighted by Crippen LogP contribution is -2.14. The molecule has 1 aromatic rings. The summed E-state index contributed by atoms with van der Waals surface area (Å²) in [6, 6.07) is 6.26. The molecule has 0 atom stereocenters. The summed E-state index contributed by atoms with van der Waals surface area (Å²) in [7, 11) is -1.35. The van der Waals surface area contributed by atoms with Crippen molar-refractivity contribution in [1.82, 2.24) is 5.32 Å². The van der Waals surface area contributed by atoms with Crippen molar-refractivity contribution in [1.29, 1.82) is 0 Å². The van der Waals surface area contributed by atoms with Gasteiger partial charge in [0.25, 0.3) is 0 Å². The topological polar surface area (TPSA) is 46.2 Å². The molecule has 0 aliphatic rings. The Bertz CT molecular complexity index is 400. The van der Waals surface area contributed by atoms with Crippen LogP contribution >= 0.6 is 11.6 Å². The third-order valence-electron chi connectivity index (χ3n) is 2.01. The molecular formula is C10H14ClNO2S. The average Bonchev–Trinajstić information content (AvgIpc) is 2.18. The minimum absolute atomic E-state index is 0.162. The summed E-state index contributed by atoms with van der Waals surface area (Å²) in [6.07, 6.45) is 0.613. The van der Waals surface area contributed by atoms with Crippen molar-refractivity contribution in [3.63, 3.8) is 0 Å². The van der Waals surface area contributed by atoms with Crippen LogP contribution in [0, 0.1) is 0 Å². The number of hydrogen-bond donors (Lipinski definition) is 1. The lowest BCUT2D eigenvalue weighted by atomic mass is 10.4. The van der Waals surface area contributed by atoms with Gasteiger partial charge in [0.2, 0.25) is 0 Å². The van der Waals surface area contributed by atoms with E-state index < -0.39 is 9.84 Å². The number of nitrogens with one attached hydrogen (secondary N) is 1. The third-order valence-corrected chi connectivity index (χ3v) is 4.08. The Morgan fingerprint density at radius 2 is 1.87 bits per heavy atom. The number of halogens is 1.